The normalized spacial score (nSPS) is 20.8. The van der Waals surface area contributed by atoms with E-state index in [1.54, 1.807) is 0 Å². The number of ether oxygens (including phenoxy) is 1. The highest BCUT2D eigenvalue weighted by molar-refractivity contribution is 7.89. The van der Waals surface area contributed by atoms with Gasteiger partial charge < -0.3 is 15.0 Å². The van der Waals surface area contributed by atoms with Gasteiger partial charge in [0.25, 0.3) is 0 Å². The van der Waals surface area contributed by atoms with Crippen molar-refractivity contribution >= 4 is 26.8 Å². The van der Waals surface area contributed by atoms with E-state index in [0.29, 0.717) is 13.2 Å². The van der Waals surface area contributed by atoms with Crippen molar-refractivity contribution in [3.05, 3.63) is 35.5 Å². The number of nitrogens with one attached hydrogen (secondary N) is 2. The summed E-state index contributed by atoms with van der Waals surface area (Å²) in [5, 5.41) is 4.00. The van der Waals surface area contributed by atoms with Gasteiger partial charge in [-0.05, 0) is 18.6 Å². The molecule has 2 atom stereocenters. The number of nitrogens with zero attached hydrogens (tertiary/aromatic N) is 1. The van der Waals surface area contributed by atoms with Crippen LogP contribution in [0.25, 0.3) is 10.9 Å². The summed E-state index contributed by atoms with van der Waals surface area (Å²) in [4.78, 5) is 15.9. The number of sulfonamides is 1. The van der Waals surface area contributed by atoms with Crippen molar-refractivity contribution in [3.8, 4) is 0 Å². The molecule has 2 aromatic rings. The molecular formula is C18H25N3O4S. The highest BCUT2D eigenvalue weighted by atomic mass is 32.2. The maximum Gasteiger partial charge on any atom is 0.224 e. The summed E-state index contributed by atoms with van der Waals surface area (Å²) >= 11 is 0. The van der Waals surface area contributed by atoms with Gasteiger partial charge in [-0.25, -0.2) is 12.7 Å². The molecule has 1 aromatic heterocycles. The first-order valence-corrected chi connectivity index (χ1v) is 10.2. The van der Waals surface area contributed by atoms with Crippen LogP contribution in [0.1, 0.15) is 11.3 Å². The standard InChI is InChI=1S/C18H25N3O4S/c1-12-15(14-6-4-5-7-16(14)19-12)8-18(22)20-17-10-25-9-13(17)11-26(23,24)21(2)3/h4-7,13,17,19H,8-11H2,1-3H3,(H,20,22)/t13-,17+/m0/s1. The van der Waals surface area contributed by atoms with Crippen molar-refractivity contribution in [2.75, 3.05) is 33.1 Å². The van der Waals surface area contributed by atoms with Gasteiger partial charge in [-0.3, -0.25) is 4.79 Å². The van der Waals surface area contributed by atoms with Crippen molar-refractivity contribution in [1.29, 1.82) is 0 Å². The van der Waals surface area contributed by atoms with Crippen LogP contribution >= 0.6 is 0 Å². The Hall–Kier alpha value is -1.90. The summed E-state index contributed by atoms with van der Waals surface area (Å²) in [5.74, 6) is -0.395. The molecule has 1 saturated heterocycles. The molecule has 1 aromatic carbocycles. The van der Waals surface area contributed by atoms with Gasteiger partial charge in [-0.2, -0.15) is 0 Å². The van der Waals surface area contributed by atoms with Crippen LogP contribution in [0.2, 0.25) is 0 Å². The van der Waals surface area contributed by atoms with E-state index in [-0.39, 0.29) is 30.0 Å². The fourth-order valence-corrected chi connectivity index (χ4v) is 4.49. The summed E-state index contributed by atoms with van der Waals surface area (Å²) in [6, 6.07) is 7.59. The minimum absolute atomic E-state index is 0.0307. The quantitative estimate of drug-likeness (QED) is 0.785. The van der Waals surface area contributed by atoms with Crippen molar-refractivity contribution in [3.63, 3.8) is 0 Å². The minimum Gasteiger partial charge on any atom is -0.379 e. The largest absolute Gasteiger partial charge is 0.379 e. The molecule has 1 aliphatic heterocycles. The number of hydrogen-bond donors (Lipinski definition) is 2. The molecule has 8 heteroatoms. The predicted octanol–water partition coefficient (Wildman–Crippen LogP) is 1.04. The summed E-state index contributed by atoms with van der Waals surface area (Å²) in [7, 11) is -0.314. The van der Waals surface area contributed by atoms with Crippen molar-refractivity contribution in [2.24, 2.45) is 5.92 Å². The molecule has 26 heavy (non-hydrogen) atoms. The summed E-state index contributed by atoms with van der Waals surface area (Å²) < 4.78 is 30.9. The second-order valence-corrected chi connectivity index (χ2v) is 9.21. The average Bonchev–Trinajstić information content (AvgIpc) is 3.12. The number of para-hydroxylation sites is 1. The maximum absolute atomic E-state index is 12.6. The third kappa shape index (κ3) is 3.92. The van der Waals surface area contributed by atoms with E-state index in [4.69, 9.17) is 4.74 Å². The Balaban J connectivity index is 1.68. The van der Waals surface area contributed by atoms with Gasteiger partial charge in [0.15, 0.2) is 0 Å². The summed E-state index contributed by atoms with van der Waals surface area (Å²) in [6.07, 6.45) is 0.250. The van der Waals surface area contributed by atoms with E-state index < -0.39 is 10.0 Å². The molecule has 2 heterocycles. The predicted molar refractivity (Wildman–Crippen MR) is 100 cm³/mol. The van der Waals surface area contributed by atoms with Gasteiger partial charge in [-0.15, -0.1) is 0 Å². The Bertz CT molecular complexity index is 904. The molecule has 142 valence electrons. The Morgan fingerprint density at radius 3 is 2.77 bits per heavy atom. The van der Waals surface area contributed by atoms with E-state index in [2.05, 4.69) is 10.3 Å². The zero-order valence-corrected chi connectivity index (χ0v) is 16.1. The number of fused-ring (bicyclic) bond motifs is 1. The number of carbonyl (C=O) groups is 1. The Kier molecular flexibility index (Phi) is 5.36. The molecule has 0 aliphatic carbocycles. The second-order valence-electron chi connectivity index (χ2n) is 6.98. The monoisotopic (exact) mass is 379 g/mol. The van der Waals surface area contributed by atoms with E-state index in [9.17, 15) is 13.2 Å². The third-order valence-corrected chi connectivity index (χ3v) is 6.85. The molecule has 1 fully saturated rings. The topological polar surface area (TPSA) is 91.5 Å². The molecule has 2 N–H and O–H groups in total. The number of aromatic amines is 1. The smallest absolute Gasteiger partial charge is 0.224 e. The average molecular weight is 379 g/mol. The minimum atomic E-state index is -3.34. The molecule has 1 amide bonds. The van der Waals surface area contributed by atoms with Crippen LogP contribution in [-0.2, 0) is 26.0 Å². The van der Waals surface area contributed by atoms with Crippen LogP contribution in [0, 0.1) is 12.8 Å². The fraction of sp³-hybridized carbons (Fsp3) is 0.500. The number of aryl methyl sites for hydroxylation is 1. The molecular weight excluding hydrogens is 354 g/mol. The fourth-order valence-electron chi connectivity index (χ4n) is 3.32. The molecule has 7 nitrogen and oxygen atoms in total. The molecule has 0 bridgehead atoms. The van der Waals surface area contributed by atoms with E-state index >= 15 is 0 Å². The van der Waals surface area contributed by atoms with Gasteiger partial charge in [0.05, 0.1) is 31.4 Å². The number of carbonyl (C=O) groups excluding carboxylic acids is 1. The SMILES string of the molecule is Cc1[nH]c2ccccc2c1CC(=O)N[C@@H]1COC[C@H]1CS(=O)(=O)N(C)C. The Labute approximate surface area is 153 Å². The zero-order valence-electron chi connectivity index (χ0n) is 15.3. The first kappa shape index (κ1) is 18.9. The van der Waals surface area contributed by atoms with Gasteiger partial charge >= 0.3 is 0 Å². The summed E-state index contributed by atoms with van der Waals surface area (Å²) in [5.41, 5.74) is 2.94. The zero-order chi connectivity index (χ0) is 18.9. The van der Waals surface area contributed by atoms with Crippen LogP contribution in [0.4, 0.5) is 0 Å². The van der Waals surface area contributed by atoms with Gasteiger partial charge in [0.1, 0.15) is 0 Å². The number of hydrogen-bond acceptors (Lipinski definition) is 4. The lowest BCUT2D eigenvalue weighted by atomic mass is 10.0. The Morgan fingerprint density at radius 1 is 1.31 bits per heavy atom. The molecule has 0 radical (unpaired) electrons. The number of aromatic nitrogens is 1. The molecule has 3 rings (SSSR count). The second kappa shape index (κ2) is 7.38. The number of rotatable bonds is 6. The van der Waals surface area contributed by atoms with Crippen LogP contribution in [0.3, 0.4) is 0 Å². The van der Waals surface area contributed by atoms with Gasteiger partial charge in [0.2, 0.25) is 15.9 Å². The third-order valence-electron chi connectivity index (χ3n) is 4.89. The van der Waals surface area contributed by atoms with Crippen LogP contribution < -0.4 is 5.32 Å². The van der Waals surface area contributed by atoms with Crippen LogP contribution in [0.5, 0.6) is 0 Å². The van der Waals surface area contributed by atoms with Crippen molar-refractivity contribution in [2.45, 2.75) is 19.4 Å². The van der Waals surface area contributed by atoms with Gasteiger partial charge in [0, 0.05) is 36.6 Å². The van der Waals surface area contributed by atoms with Crippen molar-refractivity contribution in [1.82, 2.24) is 14.6 Å². The first-order chi connectivity index (χ1) is 12.3. The van der Waals surface area contributed by atoms with E-state index in [1.165, 1.54) is 18.4 Å². The molecule has 0 unspecified atom stereocenters. The highest BCUT2D eigenvalue weighted by Crippen LogP contribution is 2.23. The lowest BCUT2D eigenvalue weighted by Gasteiger charge is -2.21. The van der Waals surface area contributed by atoms with E-state index in [1.807, 2.05) is 31.2 Å². The highest BCUT2D eigenvalue weighted by Gasteiger charge is 2.34. The Morgan fingerprint density at radius 2 is 2.04 bits per heavy atom. The lowest BCUT2D eigenvalue weighted by Crippen LogP contribution is -2.44. The molecule has 0 saturated carbocycles. The van der Waals surface area contributed by atoms with Crippen LogP contribution in [0.15, 0.2) is 24.3 Å². The lowest BCUT2D eigenvalue weighted by molar-refractivity contribution is -0.121. The van der Waals surface area contributed by atoms with Gasteiger partial charge in [-0.1, -0.05) is 18.2 Å². The first-order valence-electron chi connectivity index (χ1n) is 8.61. The molecule has 0 spiro atoms. The number of H-pyrrole nitrogens is 1. The number of amides is 1. The van der Waals surface area contributed by atoms with E-state index in [0.717, 1.165) is 22.2 Å². The molecule has 1 aliphatic rings. The number of benzene rings is 1. The maximum atomic E-state index is 12.6. The van der Waals surface area contributed by atoms with Crippen LogP contribution in [-0.4, -0.2) is 62.7 Å². The van der Waals surface area contributed by atoms with Crippen molar-refractivity contribution < 1.29 is 17.9 Å². The summed E-state index contributed by atoms with van der Waals surface area (Å²) in [6.45, 7) is 2.63.